The van der Waals surface area contributed by atoms with E-state index in [-0.39, 0.29) is 11.6 Å². The molecule has 1 aliphatic rings. The summed E-state index contributed by atoms with van der Waals surface area (Å²) in [5.74, 6) is -0.804. The molecule has 2 amide bonds. The van der Waals surface area contributed by atoms with Crippen LogP contribution in [0.25, 0.3) is 0 Å². The Kier molecular flexibility index (Phi) is 1.57. The summed E-state index contributed by atoms with van der Waals surface area (Å²) in [7, 11) is 0. The summed E-state index contributed by atoms with van der Waals surface area (Å²) in [5, 5.41) is 8.72. The fourth-order valence-corrected chi connectivity index (χ4v) is 0.524. The molecule has 0 saturated heterocycles. The van der Waals surface area contributed by atoms with Gasteiger partial charge in [-0.2, -0.15) is 5.11 Å². The Morgan fingerprint density at radius 2 is 2.40 bits per heavy atom. The van der Waals surface area contributed by atoms with E-state index in [0.717, 1.165) is 0 Å². The molecule has 0 atom stereocenters. The second-order valence-corrected chi connectivity index (χ2v) is 1.74. The first-order valence-electron chi connectivity index (χ1n) is 2.63. The zero-order valence-electron chi connectivity index (χ0n) is 5.29. The number of nitrogens with zero attached hydrogens (tertiary/aromatic N) is 2. The van der Waals surface area contributed by atoms with Crippen molar-refractivity contribution in [3.05, 3.63) is 11.9 Å². The molecule has 1 heterocycles. The molecule has 0 aliphatic carbocycles. The lowest BCUT2D eigenvalue weighted by Gasteiger charge is -1.95. The maximum absolute atomic E-state index is 10.6. The molecule has 5 nitrogen and oxygen atoms in total. The van der Waals surface area contributed by atoms with E-state index in [2.05, 4.69) is 15.5 Å². The zero-order valence-corrected chi connectivity index (χ0v) is 5.29. The molecular weight excluding hydrogens is 134 g/mol. The topological polar surface area (TPSA) is 70.9 Å². The standard InChI is InChI=1S/C5H5N3O2/c1-3(9)7-4-2-6-8-5(4)10/h2H,1H3,(H,7,8,9,10). The number of azo groups is 1. The van der Waals surface area contributed by atoms with Gasteiger partial charge in [0.2, 0.25) is 5.91 Å². The van der Waals surface area contributed by atoms with Gasteiger partial charge in [0.25, 0.3) is 0 Å². The molecule has 0 unspecified atom stereocenters. The number of hydrogen-bond acceptors (Lipinski definition) is 3. The summed E-state index contributed by atoms with van der Waals surface area (Å²) in [6.45, 7) is 1.31. The average molecular weight is 139 g/mol. The van der Waals surface area contributed by atoms with Crippen molar-refractivity contribution < 1.29 is 9.59 Å². The molecule has 10 heavy (non-hydrogen) atoms. The van der Waals surface area contributed by atoms with E-state index >= 15 is 0 Å². The predicted octanol–water partition coefficient (Wildman–Crippen LogP) is -0.0437. The van der Waals surface area contributed by atoms with Crippen molar-refractivity contribution in [2.45, 2.75) is 6.92 Å². The Balaban J connectivity index is 2.61. The number of carbonyl (C=O) groups excluding carboxylic acids is 2. The van der Waals surface area contributed by atoms with Crippen LogP contribution in [0.2, 0.25) is 0 Å². The van der Waals surface area contributed by atoms with Crippen LogP contribution in [-0.2, 0) is 9.59 Å². The molecular formula is C5H5N3O2. The van der Waals surface area contributed by atoms with Crippen molar-refractivity contribution in [3.63, 3.8) is 0 Å². The van der Waals surface area contributed by atoms with Gasteiger partial charge in [-0.25, -0.2) is 0 Å². The Morgan fingerprint density at radius 3 is 2.80 bits per heavy atom. The van der Waals surface area contributed by atoms with Crippen LogP contribution in [0.3, 0.4) is 0 Å². The monoisotopic (exact) mass is 139 g/mol. The van der Waals surface area contributed by atoms with Crippen LogP contribution in [0.5, 0.6) is 0 Å². The van der Waals surface area contributed by atoms with Crippen molar-refractivity contribution >= 4 is 11.8 Å². The molecule has 0 radical (unpaired) electrons. The zero-order chi connectivity index (χ0) is 7.56. The summed E-state index contributed by atoms with van der Waals surface area (Å²) < 4.78 is 0. The molecule has 0 fully saturated rings. The molecule has 1 aliphatic heterocycles. The largest absolute Gasteiger partial charge is 0.320 e. The maximum atomic E-state index is 10.6. The van der Waals surface area contributed by atoms with Gasteiger partial charge in [-0.1, -0.05) is 0 Å². The molecule has 0 bridgehead atoms. The van der Waals surface area contributed by atoms with Gasteiger partial charge in [0.15, 0.2) is 0 Å². The minimum atomic E-state index is -0.504. The van der Waals surface area contributed by atoms with Crippen molar-refractivity contribution in [1.29, 1.82) is 0 Å². The maximum Gasteiger partial charge on any atom is 0.313 e. The minimum absolute atomic E-state index is 0.132. The summed E-state index contributed by atoms with van der Waals surface area (Å²) >= 11 is 0. The summed E-state index contributed by atoms with van der Waals surface area (Å²) in [4.78, 5) is 20.9. The summed E-state index contributed by atoms with van der Waals surface area (Å²) in [6, 6.07) is 0. The van der Waals surface area contributed by atoms with E-state index < -0.39 is 5.91 Å². The third-order valence-corrected chi connectivity index (χ3v) is 0.877. The first-order chi connectivity index (χ1) is 4.70. The molecule has 0 aromatic rings. The Bertz CT molecular complexity index is 241. The second-order valence-electron chi connectivity index (χ2n) is 1.74. The van der Waals surface area contributed by atoms with Gasteiger partial charge in [0.05, 0.1) is 6.20 Å². The Labute approximate surface area is 56.8 Å². The molecule has 1 N–H and O–H groups in total. The van der Waals surface area contributed by atoms with Gasteiger partial charge in [-0.05, 0) is 0 Å². The smallest absolute Gasteiger partial charge is 0.313 e. The van der Waals surface area contributed by atoms with Gasteiger partial charge in [-0.3, -0.25) is 9.59 Å². The first kappa shape index (κ1) is 6.60. The van der Waals surface area contributed by atoms with E-state index in [9.17, 15) is 9.59 Å². The fourth-order valence-electron chi connectivity index (χ4n) is 0.524. The highest BCUT2D eigenvalue weighted by Crippen LogP contribution is 2.02. The van der Waals surface area contributed by atoms with Gasteiger partial charge in [0.1, 0.15) is 5.70 Å². The molecule has 1 rings (SSSR count). The van der Waals surface area contributed by atoms with E-state index in [1.165, 1.54) is 13.1 Å². The molecule has 0 spiro atoms. The Hall–Kier alpha value is -1.52. The summed E-state index contributed by atoms with van der Waals surface area (Å²) in [6.07, 6.45) is 1.21. The van der Waals surface area contributed by atoms with E-state index in [4.69, 9.17) is 0 Å². The highest BCUT2D eigenvalue weighted by molar-refractivity contribution is 5.98. The van der Waals surface area contributed by atoms with Crippen LogP contribution in [-0.4, -0.2) is 11.8 Å². The highest BCUT2D eigenvalue weighted by Gasteiger charge is 2.13. The molecule has 52 valence electrons. The normalized spacial score (nSPS) is 15.3. The van der Waals surface area contributed by atoms with E-state index in [1.807, 2.05) is 0 Å². The highest BCUT2D eigenvalue weighted by atomic mass is 16.2. The van der Waals surface area contributed by atoms with Crippen LogP contribution in [0, 0.1) is 0 Å². The lowest BCUT2D eigenvalue weighted by molar-refractivity contribution is -0.121. The van der Waals surface area contributed by atoms with E-state index in [0.29, 0.717) is 0 Å². The van der Waals surface area contributed by atoms with Gasteiger partial charge < -0.3 is 5.32 Å². The van der Waals surface area contributed by atoms with Gasteiger partial charge >= 0.3 is 5.91 Å². The van der Waals surface area contributed by atoms with E-state index in [1.54, 1.807) is 0 Å². The number of nitrogens with one attached hydrogen (secondary N) is 1. The predicted molar refractivity (Wildman–Crippen MR) is 31.8 cm³/mol. The number of hydrogen-bond donors (Lipinski definition) is 1. The van der Waals surface area contributed by atoms with Crippen LogP contribution in [0.4, 0.5) is 0 Å². The fraction of sp³-hybridized carbons (Fsp3) is 0.200. The third-order valence-electron chi connectivity index (χ3n) is 0.877. The van der Waals surface area contributed by atoms with Crippen LogP contribution < -0.4 is 5.32 Å². The lowest BCUT2D eigenvalue weighted by atomic mass is 10.4. The minimum Gasteiger partial charge on any atom is -0.320 e. The molecule has 5 heteroatoms. The van der Waals surface area contributed by atoms with Gasteiger partial charge in [-0.15, -0.1) is 5.11 Å². The summed E-state index contributed by atoms with van der Waals surface area (Å²) in [5.41, 5.74) is 0.132. The number of carbonyl (C=O) groups is 2. The lowest BCUT2D eigenvalue weighted by Crippen LogP contribution is -2.22. The quantitative estimate of drug-likeness (QED) is 0.553. The second kappa shape index (κ2) is 2.38. The van der Waals surface area contributed by atoms with Crippen LogP contribution in [0.1, 0.15) is 6.92 Å². The molecule has 0 aromatic carbocycles. The van der Waals surface area contributed by atoms with Gasteiger partial charge in [0, 0.05) is 6.92 Å². The van der Waals surface area contributed by atoms with Crippen LogP contribution in [0.15, 0.2) is 22.1 Å². The van der Waals surface area contributed by atoms with Crippen molar-refractivity contribution in [3.8, 4) is 0 Å². The van der Waals surface area contributed by atoms with Crippen molar-refractivity contribution in [2.24, 2.45) is 10.2 Å². The average Bonchev–Trinajstić information content (AvgIpc) is 2.15. The molecule has 0 saturated carbocycles. The number of rotatable bonds is 1. The third kappa shape index (κ3) is 1.25. The molecule has 0 aromatic heterocycles. The number of amides is 2. The first-order valence-corrected chi connectivity index (χ1v) is 2.63. The SMILES string of the molecule is CC(=O)NC1=CN=NC1=O. The van der Waals surface area contributed by atoms with Crippen LogP contribution >= 0.6 is 0 Å². The van der Waals surface area contributed by atoms with Crippen molar-refractivity contribution in [1.82, 2.24) is 5.32 Å². The Morgan fingerprint density at radius 1 is 1.70 bits per heavy atom. The van der Waals surface area contributed by atoms with Crippen molar-refractivity contribution in [2.75, 3.05) is 0 Å².